The topological polar surface area (TPSA) is 58.6 Å². The molecule has 0 bridgehead atoms. The number of aliphatic hydroxyl groups is 1. The van der Waals surface area contributed by atoms with Crippen molar-refractivity contribution in [2.45, 2.75) is 60.0 Å². The Labute approximate surface area is 154 Å². The smallest absolute Gasteiger partial charge is 0.340 e. The van der Waals surface area contributed by atoms with E-state index in [9.17, 15) is 9.90 Å². The van der Waals surface area contributed by atoms with E-state index in [0.717, 1.165) is 6.54 Å². The molecular weight excluding hydrogens is 314 g/mol. The summed E-state index contributed by atoms with van der Waals surface area (Å²) in [7, 11) is 0. The minimum absolute atomic E-state index is 0.00583. The first-order valence-electron chi connectivity index (χ1n) is 9.14. The number of carbonyl (C=O) groups excluding carboxylic acids is 1. The van der Waals surface area contributed by atoms with Gasteiger partial charge in [0.25, 0.3) is 0 Å². The van der Waals surface area contributed by atoms with Crippen molar-refractivity contribution < 1.29 is 14.6 Å². The molecule has 0 spiro atoms. The summed E-state index contributed by atoms with van der Waals surface area (Å²) >= 11 is 0. The van der Waals surface area contributed by atoms with Gasteiger partial charge in [0.15, 0.2) is 12.7 Å². The lowest BCUT2D eigenvalue weighted by Crippen LogP contribution is -2.16. The number of nitrogens with one attached hydrogen (secondary N) is 1. The molecule has 0 aliphatic rings. The first kappa shape index (κ1) is 25.4. The summed E-state index contributed by atoms with van der Waals surface area (Å²) in [6.45, 7) is 12.0. The van der Waals surface area contributed by atoms with E-state index in [4.69, 9.17) is 4.74 Å². The van der Waals surface area contributed by atoms with E-state index < -0.39 is 12.1 Å². The van der Waals surface area contributed by atoms with Crippen LogP contribution in [0.15, 0.2) is 30.3 Å². The summed E-state index contributed by atoms with van der Waals surface area (Å²) in [4.78, 5) is 11.5. The summed E-state index contributed by atoms with van der Waals surface area (Å²) in [5.74, 6) is 4.81. The van der Waals surface area contributed by atoms with Crippen LogP contribution in [0.1, 0.15) is 65.5 Å². The molecule has 0 aliphatic heterocycles. The zero-order valence-electron chi connectivity index (χ0n) is 16.5. The Balaban J connectivity index is 0. The van der Waals surface area contributed by atoms with E-state index in [2.05, 4.69) is 44.9 Å². The molecular formula is C21H35NO3. The Bertz CT molecular complexity index is 461. The summed E-state index contributed by atoms with van der Waals surface area (Å²) in [5.41, 5.74) is 0.517. The molecule has 1 aromatic carbocycles. The normalized spacial score (nSPS) is 10.0. The first-order valence-corrected chi connectivity index (χ1v) is 9.14. The van der Waals surface area contributed by atoms with Gasteiger partial charge in [0, 0.05) is 0 Å². The summed E-state index contributed by atoms with van der Waals surface area (Å²) in [5, 5.41) is 12.7. The van der Waals surface area contributed by atoms with Crippen LogP contribution in [-0.4, -0.2) is 30.8 Å². The highest BCUT2D eigenvalue weighted by Gasteiger charge is 2.17. The molecule has 2 N–H and O–H groups in total. The van der Waals surface area contributed by atoms with Gasteiger partial charge in [0.1, 0.15) is 0 Å². The Morgan fingerprint density at radius 1 is 1.08 bits per heavy atom. The first-order chi connectivity index (χ1) is 12.1. The van der Waals surface area contributed by atoms with Crippen LogP contribution in [0.2, 0.25) is 0 Å². The van der Waals surface area contributed by atoms with Gasteiger partial charge in [-0.05, 0) is 12.1 Å². The van der Waals surface area contributed by atoms with E-state index >= 15 is 0 Å². The molecule has 0 fully saturated rings. The molecule has 0 saturated carbocycles. The predicted octanol–water partition coefficient (Wildman–Crippen LogP) is 4.10. The van der Waals surface area contributed by atoms with Crippen molar-refractivity contribution in [2.24, 2.45) is 0 Å². The van der Waals surface area contributed by atoms with Crippen molar-refractivity contribution in [3.05, 3.63) is 35.9 Å². The number of ether oxygens (including phenoxy) is 1. The highest BCUT2D eigenvalue weighted by molar-refractivity contribution is 5.76. The number of rotatable bonds is 6. The van der Waals surface area contributed by atoms with Gasteiger partial charge in [-0.3, -0.25) is 0 Å². The fourth-order valence-electron chi connectivity index (χ4n) is 1.26. The number of esters is 1. The van der Waals surface area contributed by atoms with Gasteiger partial charge in [-0.1, -0.05) is 96.1 Å². The molecule has 25 heavy (non-hydrogen) atoms. The molecule has 0 aliphatic carbocycles. The van der Waals surface area contributed by atoms with Crippen LogP contribution < -0.4 is 5.32 Å². The van der Waals surface area contributed by atoms with E-state index in [1.165, 1.54) is 19.3 Å². The van der Waals surface area contributed by atoms with Gasteiger partial charge >= 0.3 is 5.97 Å². The largest absolute Gasteiger partial charge is 0.450 e. The van der Waals surface area contributed by atoms with Crippen LogP contribution >= 0.6 is 0 Å². The standard InChI is InChI=1S/C14H17NO3.C4H10.C3H8/c1-2-15-10-6-7-11-18-14(17)13(16)12-8-4-3-5-9-12;1-3-4-2;1-3-2/h3-5,8-9,13,15-16H,2,10-11H2,1H3;3-4H2,1-2H3;3H2,1-2H3. The number of aliphatic hydroxyl groups excluding tert-OH is 1. The molecule has 0 heterocycles. The molecule has 1 rings (SSSR count). The molecule has 0 amide bonds. The molecule has 1 unspecified atom stereocenters. The van der Waals surface area contributed by atoms with Crippen molar-refractivity contribution in [1.82, 2.24) is 5.32 Å². The zero-order valence-corrected chi connectivity index (χ0v) is 16.5. The van der Waals surface area contributed by atoms with E-state index in [1.807, 2.05) is 13.0 Å². The fourth-order valence-corrected chi connectivity index (χ4v) is 1.26. The summed E-state index contributed by atoms with van der Waals surface area (Å²) in [6, 6.07) is 8.66. The van der Waals surface area contributed by atoms with Crippen molar-refractivity contribution >= 4 is 5.97 Å². The molecule has 142 valence electrons. The van der Waals surface area contributed by atoms with Crippen LogP contribution in [0.4, 0.5) is 0 Å². The summed E-state index contributed by atoms with van der Waals surface area (Å²) in [6.07, 6.45) is 2.64. The van der Waals surface area contributed by atoms with Crippen LogP contribution in [0.3, 0.4) is 0 Å². The monoisotopic (exact) mass is 349 g/mol. The van der Waals surface area contributed by atoms with Gasteiger partial charge in [-0.25, -0.2) is 4.79 Å². The van der Waals surface area contributed by atoms with E-state index in [0.29, 0.717) is 12.1 Å². The minimum atomic E-state index is -1.25. The minimum Gasteiger partial charge on any atom is -0.450 e. The Hall–Kier alpha value is -1.83. The number of carbonyl (C=O) groups is 1. The number of hydrogen-bond acceptors (Lipinski definition) is 4. The lowest BCUT2D eigenvalue weighted by Gasteiger charge is -2.08. The van der Waals surface area contributed by atoms with E-state index in [1.54, 1.807) is 24.3 Å². The van der Waals surface area contributed by atoms with Gasteiger partial charge in [0.05, 0.1) is 6.54 Å². The molecule has 4 heteroatoms. The maximum Gasteiger partial charge on any atom is 0.340 e. The Kier molecular flexibility index (Phi) is 20.5. The van der Waals surface area contributed by atoms with Crippen LogP contribution in [-0.2, 0) is 9.53 Å². The fraction of sp³-hybridized carbons (Fsp3) is 0.571. The average Bonchev–Trinajstić information content (AvgIpc) is 2.65. The third-order valence-corrected chi connectivity index (χ3v) is 2.71. The lowest BCUT2D eigenvalue weighted by atomic mass is 10.1. The maximum atomic E-state index is 11.5. The van der Waals surface area contributed by atoms with Crippen LogP contribution in [0, 0.1) is 11.8 Å². The number of hydrogen-bond donors (Lipinski definition) is 2. The molecule has 0 saturated heterocycles. The van der Waals surface area contributed by atoms with E-state index in [-0.39, 0.29) is 6.61 Å². The second-order valence-corrected chi connectivity index (χ2v) is 5.26. The molecule has 4 nitrogen and oxygen atoms in total. The van der Waals surface area contributed by atoms with Crippen molar-refractivity contribution in [3.8, 4) is 11.8 Å². The highest BCUT2D eigenvalue weighted by atomic mass is 16.5. The molecule has 0 radical (unpaired) electrons. The number of unbranched alkanes of at least 4 members (excludes halogenated alkanes) is 1. The molecule has 0 aromatic heterocycles. The van der Waals surface area contributed by atoms with Gasteiger partial charge < -0.3 is 15.2 Å². The highest BCUT2D eigenvalue weighted by Crippen LogP contribution is 2.13. The third-order valence-electron chi connectivity index (χ3n) is 2.71. The van der Waals surface area contributed by atoms with Gasteiger partial charge in [0.2, 0.25) is 0 Å². The molecule has 1 atom stereocenters. The Morgan fingerprint density at radius 3 is 2.12 bits per heavy atom. The Morgan fingerprint density at radius 2 is 1.64 bits per heavy atom. The lowest BCUT2D eigenvalue weighted by molar-refractivity contribution is -0.152. The third kappa shape index (κ3) is 16.8. The quantitative estimate of drug-likeness (QED) is 0.461. The van der Waals surface area contributed by atoms with Crippen molar-refractivity contribution in [3.63, 3.8) is 0 Å². The van der Waals surface area contributed by atoms with Crippen molar-refractivity contribution in [2.75, 3.05) is 19.7 Å². The second-order valence-electron chi connectivity index (χ2n) is 5.26. The van der Waals surface area contributed by atoms with Crippen LogP contribution in [0.25, 0.3) is 0 Å². The second kappa shape index (κ2) is 20.2. The van der Waals surface area contributed by atoms with Gasteiger partial charge in [-0.15, -0.1) is 0 Å². The SMILES string of the molecule is CCC.CCCC.CCNCC#CCOC(=O)C(O)c1ccccc1. The van der Waals surface area contributed by atoms with Crippen LogP contribution in [0.5, 0.6) is 0 Å². The number of benzene rings is 1. The van der Waals surface area contributed by atoms with Gasteiger partial charge in [-0.2, -0.15) is 0 Å². The maximum absolute atomic E-state index is 11.5. The van der Waals surface area contributed by atoms with Crippen molar-refractivity contribution in [1.29, 1.82) is 0 Å². The summed E-state index contributed by atoms with van der Waals surface area (Å²) < 4.78 is 4.85. The molecule has 1 aromatic rings. The zero-order chi connectivity index (χ0) is 19.3. The predicted molar refractivity (Wildman–Crippen MR) is 105 cm³/mol. The average molecular weight is 350 g/mol.